The van der Waals surface area contributed by atoms with Gasteiger partial charge in [0.25, 0.3) is 0 Å². The summed E-state index contributed by atoms with van der Waals surface area (Å²) in [4.78, 5) is 4.20. The van der Waals surface area contributed by atoms with Crippen LogP contribution in [0.25, 0.3) is 11.0 Å². The van der Waals surface area contributed by atoms with Gasteiger partial charge in [0.05, 0.1) is 6.61 Å². The van der Waals surface area contributed by atoms with E-state index in [1.807, 2.05) is 29.8 Å². The first-order chi connectivity index (χ1) is 5.83. The highest BCUT2D eigenvalue weighted by Crippen LogP contribution is 2.15. The summed E-state index contributed by atoms with van der Waals surface area (Å²) in [5.41, 5.74) is 1.81. The molecular formula is C9H10N2O. The molecule has 12 heavy (non-hydrogen) atoms. The van der Waals surface area contributed by atoms with Crippen molar-refractivity contribution in [1.29, 1.82) is 0 Å². The third kappa shape index (κ3) is 0.905. The van der Waals surface area contributed by atoms with Gasteiger partial charge in [-0.25, -0.2) is 4.98 Å². The van der Waals surface area contributed by atoms with Gasteiger partial charge < -0.3 is 9.67 Å². The van der Waals surface area contributed by atoms with Gasteiger partial charge >= 0.3 is 0 Å². The van der Waals surface area contributed by atoms with E-state index in [9.17, 15) is 0 Å². The summed E-state index contributed by atoms with van der Waals surface area (Å²) in [6.07, 6.45) is 1.75. The molecule has 0 bridgehead atoms. The van der Waals surface area contributed by atoms with Gasteiger partial charge in [0.15, 0.2) is 0 Å². The molecule has 0 unspecified atom stereocenters. The van der Waals surface area contributed by atoms with Crippen LogP contribution in [0.3, 0.4) is 0 Å². The lowest BCUT2D eigenvalue weighted by molar-refractivity contribution is 0.273. The normalized spacial score (nSPS) is 10.8. The van der Waals surface area contributed by atoms with Gasteiger partial charge in [-0.2, -0.15) is 0 Å². The Bertz CT molecular complexity index is 406. The molecule has 0 atom stereocenters. The number of aliphatic hydroxyl groups excluding tert-OH is 1. The van der Waals surface area contributed by atoms with Crippen molar-refractivity contribution >= 4 is 11.0 Å². The summed E-state index contributed by atoms with van der Waals surface area (Å²) >= 11 is 0. The highest BCUT2D eigenvalue weighted by Gasteiger charge is 2.03. The van der Waals surface area contributed by atoms with Crippen LogP contribution in [0.5, 0.6) is 0 Å². The van der Waals surface area contributed by atoms with Crippen LogP contribution in [-0.4, -0.2) is 14.7 Å². The van der Waals surface area contributed by atoms with E-state index in [2.05, 4.69) is 4.98 Å². The molecule has 0 radical (unpaired) electrons. The van der Waals surface area contributed by atoms with Crippen molar-refractivity contribution in [3.05, 3.63) is 30.1 Å². The average molecular weight is 162 g/mol. The Balaban J connectivity index is 2.78. The summed E-state index contributed by atoms with van der Waals surface area (Å²) < 4.78 is 1.90. The number of hydrogen-bond acceptors (Lipinski definition) is 2. The second-order valence-corrected chi connectivity index (χ2v) is 2.77. The van der Waals surface area contributed by atoms with Crippen molar-refractivity contribution in [1.82, 2.24) is 9.55 Å². The lowest BCUT2D eigenvalue weighted by Crippen LogP contribution is -1.95. The van der Waals surface area contributed by atoms with Gasteiger partial charge in [0.2, 0.25) is 0 Å². The Morgan fingerprint density at radius 1 is 1.58 bits per heavy atom. The molecule has 0 aliphatic rings. The van der Waals surface area contributed by atoms with Crippen LogP contribution in [-0.2, 0) is 13.7 Å². The topological polar surface area (TPSA) is 38.0 Å². The molecule has 62 valence electrons. The third-order valence-corrected chi connectivity index (χ3v) is 2.05. The van der Waals surface area contributed by atoms with Crippen molar-refractivity contribution in [3.63, 3.8) is 0 Å². The van der Waals surface area contributed by atoms with Crippen molar-refractivity contribution in [2.45, 2.75) is 6.61 Å². The Hall–Kier alpha value is -1.35. The molecule has 1 N–H and O–H groups in total. The van der Waals surface area contributed by atoms with E-state index in [1.54, 1.807) is 6.20 Å². The summed E-state index contributed by atoms with van der Waals surface area (Å²) in [6, 6.07) is 5.83. The first kappa shape index (κ1) is 7.31. The van der Waals surface area contributed by atoms with E-state index >= 15 is 0 Å². The highest BCUT2D eigenvalue weighted by atomic mass is 16.3. The van der Waals surface area contributed by atoms with Crippen LogP contribution < -0.4 is 0 Å². The first-order valence-corrected chi connectivity index (χ1v) is 3.83. The highest BCUT2D eigenvalue weighted by molar-refractivity contribution is 5.77. The zero-order valence-corrected chi connectivity index (χ0v) is 6.86. The minimum atomic E-state index is 0.0624. The largest absolute Gasteiger partial charge is 0.390 e. The monoisotopic (exact) mass is 162 g/mol. The van der Waals surface area contributed by atoms with Crippen LogP contribution in [0.2, 0.25) is 0 Å². The van der Waals surface area contributed by atoms with E-state index in [4.69, 9.17) is 5.11 Å². The molecule has 0 amide bonds. The van der Waals surface area contributed by atoms with Gasteiger partial charge in [0, 0.05) is 24.3 Å². The predicted octanol–water partition coefficient (Wildman–Crippen LogP) is 1.07. The number of fused-ring (bicyclic) bond motifs is 1. The predicted molar refractivity (Wildman–Crippen MR) is 46.6 cm³/mol. The van der Waals surface area contributed by atoms with Crippen molar-refractivity contribution in [3.8, 4) is 0 Å². The number of nitrogens with zero attached hydrogens (tertiary/aromatic N) is 2. The fraction of sp³-hybridized carbons (Fsp3) is 0.222. The molecule has 3 heteroatoms. The Labute approximate surface area is 70.3 Å². The molecule has 0 saturated heterocycles. The smallest absolute Gasteiger partial charge is 0.139 e. The minimum Gasteiger partial charge on any atom is -0.390 e. The van der Waals surface area contributed by atoms with Crippen molar-refractivity contribution < 1.29 is 5.11 Å². The van der Waals surface area contributed by atoms with Crippen LogP contribution in [0, 0.1) is 0 Å². The maximum absolute atomic E-state index is 8.97. The number of pyridine rings is 1. The maximum Gasteiger partial charge on any atom is 0.139 e. The van der Waals surface area contributed by atoms with Crippen molar-refractivity contribution in [2.24, 2.45) is 7.05 Å². The lowest BCUT2D eigenvalue weighted by atomic mass is 10.3. The van der Waals surface area contributed by atoms with Crippen LogP contribution >= 0.6 is 0 Å². The standard InChI is InChI=1S/C9H10N2O/c1-11-8(6-12)5-7-3-2-4-10-9(7)11/h2-5,12H,6H2,1H3. The molecule has 2 rings (SSSR count). The fourth-order valence-corrected chi connectivity index (χ4v) is 1.37. The third-order valence-electron chi connectivity index (χ3n) is 2.05. The second kappa shape index (κ2) is 2.60. The van der Waals surface area contributed by atoms with Crippen LogP contribution in [0.4, 0.5) is 0 Å². The second-order valence-electron chi connectivity index (χ2n) is 2.77. The van der Waals surface area contributed by atoms with Crippen LogP contribution in [0.15, 0.2) is 24.4 Å². The van der Waals surface area contributed by atoms with Gasteiger partial charge in [-0.15, -0.1) is 0 Å². The molecule has 2 heterocycles. The van der Waals surface area contributed by atoms with Gasteiger partial charge in [0.1, 0.15) is 5.65 Å². The molecule has 0 aliphatic carbocycles. The quantitative estimate of drug-likeness (QED) is 0.681. The van der Waals surface area contributed by atoms with Crippen molar-refractivity contribution in [2.75, 3.05) is 0 Å². The van der Waals surface area contributed by atoms with E-state index in [-0.39, 0.29) is 6.61 Å². The lowest BCUT2D eigenvalue weighted by Gasteiger charge is -1.97. The minimum absolute atomic E-state index is 0.0624. The van der Waals surface area contributed by atoms with Gasteiger partial charge in [-0.1, -0.05) is 0 Å². The fourth-order valence-electron chi connectivity index (χ4n) is 1.37. The van der Waals surface area contributed by atoms with E-state index in [1.165, 1.54) is 0 Å². The number of rotatable bonds is 1. The summed E-state index contributed by atoms with van der Waals surface area (Å²) in [7, 11) is 1.90. The molecule has 0 aromatic carbocycles. The first-order valence-electron chi connectivity index (χ1n) is 3.83. The number of aromatic nitrogens is 2. The summed E-state index contributed by atoms with van der Waals surface area (Å²) in [6.45, 7) is 0.0624. The average Bonchev–Trinajstić information content (AvgIpc) is 2.44. The number of aryl methyl sites for hydroxylation is 1. The Kier molecular flexibility index (Phi) is 1.59. The number of hydrogen-bond donors (Lipinski definition) is 1. The van der Waals surface area contributed by atoms with Gasteiger partial charge in [-0.3, -0.25) is 0 Å². The molecule has 0 aliphatic heterocycles. The van der Waals surface area contributed by atoms with E-state index in [0.717, 1.165) is 16.7 Å². The SMILES string of the molecule is Cn1c(CO)cc2cccnc21. The molecule has 3 nitrogen and oxygen atoms in total. The van der Waals surface area contributed by atoms with Crippen LogP contribution in [0.1, 0.15) is 5.69 Å². The molecule has 0 fully saturated rings. The van der Waals surface area contributed by atoms with E-state index < -0.39 is 0 Å². The molecule has 2 aromatic heterocycles. The number of aliphatic hydroxyl groups is 1. The Morgan fingerprint density at radius 3 is 3.08 bits per heavy atom. The summed E-state index contributed by atoms with van der Waals surface area (Å²) in [5.74, 6) is 0. The van der Waals surface area contributed by atoms with Gasteiger partial charge in [-0.05, 0) is 18.2 Å². The maximum atomic E-state index is 8.97. The molecule has 0 spiro atoms. The Morgan fingerprint density at radius 2 is 2.42 bits per heavy atom. The zero-order valence-electron chi connectivity index (χ0n) is 6.86. The molecule has 0 saturated carbocycles. The van der Waals surface area contributed by atoms with E-state index in [0.29, 0.717) is 0 Å². The zero-order chi connectivity index (χ0) is 8.55. The summed E-state index contributed by atoms with van der Waals surface area (Å²) in [5, 5.41) is 10.0. The molecule has 2 aromatic rings. The molecular weight excluding hydrogens is 152 g/mol.